The summed E-state index contributed by atoms with van der Waals surface area (Å²) in [6.45, 7) is 2.13. The number of aromatic amines is 1. The van der Waals surface area contributed by atoms with E-state index in [1.54, 1.807) is 19.1 Å². The van der Waals surface area contributed by atoms with Gasteiger partial charge in [0.1, 0.15) is 11.5 Å². The van der Waals surface area contributed by atoms with Crippen molar-refractivity contribution in [3.63, 3.8) is 0 Å². The van der Waals surface area contributed by atoms with Gasteiger partial charge in [-0.15, -0.1) is 0 Å². The lowest BCUT2D eigenvalue weighted by molar-refractivity contribution is 0.0946. The summed E-state index contributed by atoms with van der Waals surface area (Å²) >= 11 is 0. The summed E-state index contributed by atoms with van der Waals surface area (Å²) in [4.78, 5) is 18.4. The van der Waals surface area contributed by atoms with Crippen LogP contribution in [0.3, 0.4) is 0 Å². The molecule has 0 spiro atoms. The number of nitrogens with zero attached hydrogens (tertiary/aromatic N) is 1. The molecule has 5 heteroatoms. The molecule has 0 atom stereocenters. The maximum absolute atomic E-state index is 12.7. The number of aryl methyl sites for hydroxylation is 1. The van der Waals surface area contributed by atoms with Crippen LogP contribution in [-0.4, -0.2) is 15.9 Å². The van der Waals surface area contributed by atoms with E-state index >= 15 is 0 Å². The van der Waals surface area contributed by atoms with Crippen molar-refractivity contribution in [2.24, 2.45) is 0 Å². The first-order chi connectivity index (χ1) is 8.16. The molecule has 0 aliphatic rings. The number of halogens is 1. The maximum Gasteiger partial charge on any atom is 0.272 e. The quantitative estimate of drug-likeness (QED) is 0.849. The van der Waals surface area contributed by atoms with E-state index in [0.717, 1.165) is 11.3 Å². The fraction of sp³-hybridized carbons (Fsp3) is 0.167. The number of carbonyl (C=O) groups is 1. The topological polar surface area (TPSA) is 57.8 Å². The third-order valence-electron chi connectivity index (χ3n) is 2.41. The van der Waals surface area contributed by atoms with Crippen LogP contribution in [0.5, 0.6) is 0 Å². The second kappa shape index (κ2) is 4.78. The van der Waals surface area contributed by atoms with E-state index in [2.05, 4.69) is 15.3 Å². The van der Waals surface area contributed by atoms with Gasteiger partial charge in [-0.3, -0.25) is 4.79 Å². The zero-order valence-electron chi connectivity index (χ0n) is 9.33. The molecule has 0 saturated heterocycles. The first kappa shape index (κ1) is 11.3. The lowest BCUT2D eigenvalue weighted by Crippen LogP contribution is -2.23. The number of rotatable bonds is 3. The molecule has 2 rings (SSSR count). The molecular weight excluding hydrogens is 221 g/mol. The van der Waals surface area contributed by atoms with Crippen LogP contribution in [0.2, 0.25) is 0 Å². The molecule has 1 amide bonds. The Morgan fingerprint density at radius 1 is 1.41 bits per heavy atom. The molecule has 0 aliphatic carbocycles. The summed E-state index contributed by atoms with van der Waals surface area (Å²) in [7, 11) is 0. The van der Waals surface area contributed by atoms with E-state index in [0.29, 0.717) is 12.2 Å². The Balaban J connectivity index is 1.97. The highest BCUT2D eigenvalue weighted by Gasteiger charge is 2.10. The number of carbonyl (C=O) groups excluding carboxylic acids is 1. The second-order valence-electron chi connectivity index (χ2n) is 3.69. The zero-order chi connectivity index (χ0) is 12.3. The van der Waals surface area contributed by atoms with Crippen LogP contribution in [0.15, 0.2) is 30.6 Å². The third kappa shape index (κ3) is 2.69. The standard InChI is InChI=1S/C12H12FN3O/c1-8-11(16-7-15-8)12(17)14-6-9-2-4-10(13)5-3-9/h2-5,7H,6H2,1H3,(H,14,17)(H,15,16). The number of hydrogen-bond acceptors (Lipinski definition) is 2. The Morgan fingerprint density at radius 3 is 2.71 bits per heavy atom. The maximum atomic E-state index is 12.7. The van der Waals surface area contributed by atoms with Crippen LogP contribution in [0.1, 0.15) is 21.7 Å². The highest BCUT2D eigenvalue weighted by molar-refractivity contribution is 5.93. The van der Waals surface area contributed by atoms with E-state index in [9.17, 15) is 9.18 Å². The summed E-state index contributed by atoms with van der Waals surface area (Å²) in [6, 6.07) is 5.99. The summed E-state index contributed by atoms with van der Waals surface area (Å²) in [5, 5.41) is 2.72. The van der Waals surface area contributed by atoms with Gasteiger partial charge in [-0.1, -0.05) is 12.1 Å². The minimum atomic E-state index is -0.289. The molecule has 2 N–H and O–H groups in total. The van der Waals surface area contributed by atoms with Crippen molar-refractivity contribution in [3.05, 3.63) is 53.4 Å². The molecule has 1 aromatic heterocycles. The number of amides is 1. The van der Waals surface area contributed by atoms with Crippen molar-refractivity contribution in [2.75, 3.05) is 0 Å². The zero-order valence-corrected chi connectivity index (χ0v) is 9.33. The van der Waals surface area contributed by atoms with E-state index in [4.69, 9.17) is 0 Å². The van der Waals surface area contributed by atoms with E-state index in [1.165, 1.54) is 18.5 Å². The predicted octanol–water partition coefficient (Wildman–Crippen LogP) is 1.79. The van der Waals surface area contributed by atoms with Crippen LogP contribution in [0, 0.1) is 12.7 Å². The van der Waals surface area contributed by atoms with Crippen LogP contribution >= 0.6 is 0 Å². The van der Waals surface area contributed by atoms with E-state index in [1.807, 2.05) is 0 Å². The van der Waals surface area contributed by atoms with Gasteiger partial charge >= 0.3 is 0 Å². The molecule has 0 aliphatic heterocycles. The van der Waals surface area contributed by atoms with E-state index in [-0.39, 0.29) is 11.7 Å². The van der Waals surface area contributed by atoms with Gasteiger partial charge in [0.15, 0.2) is 0 Å². The first-order valence-electron chi connectivity index (χ1n) is 5.19. The first-order valence-corrected chi connectivity index (χ1v) is 5.19. The Morgan fingerprint density at radius 2 is 2.12 bits per heavy atom. The molecule has 1 heterocycles. The lowest BCUT2D eigenvalue weighted by Gasteiger charge is -2.04. The molecule has 17 heavy (non-hydrogen) atoms. The highest BCUT2D eigenvalue weighted by atomic mass is 19.1. The van der Waals surface area contributed by atoms with Gasteiger partial charge in [0.25, 0.3) is 5.91 Å². The average Bonchev–Trinajstić information content (AvgIpc) is 2.74. The number of imidazole rings is 1. The summed E-state index contributed by atoms with van der Waals surface area (Å²) < 4.78 is 12.7. The fourth-order valence-corrected chi connectivity index (χ4v) is 1.46. The van der Waals surface area contributed by atoms with E-state index < -0.39 is 0 Å². The monoisotopic (exact) mass is 233 g/mol. The van der Waals surface area contributed by atoms with Crippen molar-refractivity contribution in [1.82, 2.24) is 15.3 Å². The Kier molecular flexibility index (Phi) is 3.18. The van der Waals surface area contributed by atoms with Crippen LogP contribution in [0.4, 0.5) is 4.39 Å². The van der Waals surface area contributed by atoms with Crippen molar-refractivity contribution in [1.29, 1.82) is 0 Å². The number of nitrogens with one attached hydrogen (secondary N) is 2. The van der Waals surface area contributed by atoms with Crippen LogP contribution < -0.4 is 5.32 Å². The van der Waals surface area contributed by atoms with Gasteiger partial charge in [0, 0.05) is 12.2 Å². The Hall–Kier alpha value is -2.17. The minimum absolute atomic E-state index is 0.243. The second-order valence-corrected chi connectivity index (χ2v) is 3.69. The average molecular weight is 233 g/mol. The number of hydrogen-bond donors (Lipinski definition) is 2. The molecule has 88 valence electrons. The Labute approximate surface area is 97.9 Å². The molecule has 0 radical (unpaired) electrons. The summed E-state index contributed by atoms with van der Waals surface area (Å²) in [5.74, 6) is -0.531. The van der Waals surface area contributed by atoms with Gasteiger partial charge < -0.3 is 10.3 Å². The predicted molar refractivity (Wildman–Crippen MR) is 60.9 cm³/mol. The van der Waals surface area contributed by atoms with Gasteiger partial charge in [-0.2, -0.15) is 0 Å². The van der Waals surface area contributed by atoms with Gasteiger partial charge in [0.2, 0.25) is 0 Å². The number of benzene rings is 1. The molecule has 0 saturated carbocycles. The van der Waals surface area contributed by atoms with Gasteiger partial charge in [0.05, 0.1) is 6.33 Å². The lowest BCUT2D eigenvalue weighted by atomic mass is 10.2. The highest BCUT2D eigenvalue weighted by Crippen LogP contribution is 2.04. The summed E-state index contributed by atoms with van der Waals surface area (Å²) in [5.41, 5.74) is 1.95. The van der Waals surface area contributed by atoms with Crippen LogP contribution in [-0.2, 0) is 6.54 Å². The third-order valence-corrected chi connectivity index (χ3v) is 2.41. The molecule has 4 nitrogen and oxygen atoms in total. The van der Waals surface area contributed by atoms with Crippen molar-refractivity contribution < 1.29 is 9.18 Å². The van der Waals surface area contributed by atoms with Gasteiger partial charge in [-0.05, 0) is 24.6 Å². The molecule has 0 fully saturated rings. The minimum Gasteiger partial charge on any atom is -0.348 e. The number of aromatic nitrogens is 2. The largest absolute Gasteiger partial charge is 0.348 e. The molecule has 0 unspecified atom stereocenters. The fourth-order valence-electron chi connectivity index (χ4n) is 1.46. The molecule has 2 aromatic rings. The van der Waals surface area contributed by atoms with Crippen molar-refractivity contribution >= 4 is 5.91 Å². The normalized spacial score (nSPS) is 10.2. The molecule has 0 bridgehead atoms. The van der Waals surface area contributed by atoms with Crippen molar-refractivity contribution in [2.45, 2.75) is 13.5 Å². The van der Waals surface area contributed by atoms with Crippen LogP contribution in [0.25, 0.3) is 0 Å². The molecular formula is C12H12FN3O. The summed E-state index contributed by atoms with van der Waals surface area (Å²) in [6.07, 6.45) is 1.47. The number of H-pyrrole nitrogens is 1. The van der Waals surface area contributed by atoms with Gasteiger partial charge in [-0.25, -0.2) is 9.37 Å². The smallest absolute Gasteiger partial charge is 0.272 e. The molecule has 1 aromatic carbocycles. The van der Waals surface area contributed by atoms with Crippen molar-refractivity contribution in [3.8, 4) is 0 Å². The SMILES string of the molecule is Cc1[nH]cnc1C(=O)NCc1ccc(F)cc1. The Bertz CT molecular complexity index is 519.